The van der Waals surface area contributed by atoms with Gasteiger partial charge in [-0.2, -0.15) is 0 Å². The summed E-state index contributed by atoms with van der Waals surface area (Å²) in [4.78, 5) is 26.3. The molecule has 1 heterocycles. The van der Waals surface area contributed by atoms with Crippen molar-refractivity contribution in [1.82, 2.24) is 10.2 Å². The van der Waals surface area contributed by atoms with Gasteiger partial charge in [-0.15, -0.1) is 0 Å². The number of piperidine rings is 1. The number of hydrogen-bond donors (Lipinski definition) is 2. The van der Waals surface area contributed by atoms with Crippen LogP contribution in [0.5, 0.6) is 0 Å². The predicted octanol–water partition coefficient (Wildman–Crippen LogP) is 4.23. The van der Waals surface area contributed by atoms with Crippen molar-refractivity contribution in [2.75, 3.05) is 17.8 Å². The molecule has 10 heteroatoms. The smallest absolute Gasteiger partial charge is 0.261 e. The molecule has 1 atom stereocenters. The van der Waals surface area contributed by atoms with Gasteiger partial charge in [0.2, 0.25) is 5.91 Å². The van der Waals surface area contributed by atoms with Gasteiger partial charge in [-0.05, 0) is 55.7 Å². The monoisotopic (exact) mass is 497 g/mol. The number of halogens is 2. The maximum atomic E-state index is 13.1. The number of amides is 2. The molecule has 7 nitrogen and oxygen atoms in total. The molecule has 2 amide bonds. The molecule has 1 saturated heterocycles. The van der Waals surface area contributed by atoms with Gasteiger partial charge in [0.25, 0.3) is 15.9 Å². The van der Waals surface area contributed by atoms with Gasteiger partial charge in [-0.3, -0.25) is 14.3 Å². The molecule has 3 rings (SSSR count). The Morgan fingerprint density at radius 1 is 1.12 bits per heavy atom. The molecular weight excluding hydrogens is 473 g/mol. The minimum Gasteiger partial charge on any atom is -0.352 e. The fourth-order valence-corrected chi connectivity index (χ4v) is 4.94. The third kappa shape index (κ3) is 5.74. The van der Waals surface area contributed by atoms with E-state index in [1.165, 1.54) is 24.3 Å². The fourth-order valence-electron chi connectivity index (χ4n) is 3.49. The summed E-state index contributed by atoms with van der Waals surface area (Å²) in [6.45, 7) is 4.44. The van der Waals surface area contributed by atoms with Crippen LogP contribution >= 0.6 is 23.2 Å². The van der Waals surface area contributed by atoms with E-state index in [-0.39, 0.29) is 33.3 Å². The van der Waals surface area contributed by atoms with Gasteiger partial charge in [0, 0.05) is 30.6 Å². The lowest BCUT2D eigenvalue weighted by atomic mass is 10.0. The van der Waals surface area contributed by atoms with Gasteiger partial charge in [-0.25, -0.2) is 8.42 Å². The number of hydrogen-bond acceptors (Lipinski definition) is 4. The molecule has 0 bridgehead atoms. The summed E-state index contributed by atoms with van der Waals surface area (Å²) >= 11 is 12.3. The minimum atomic E-state index is -3.97. The van der Waals surface area contributed by atoms with E-state index in [0.717, 1.165) is 18.4 Å². The van der Waals surface area contributed by atoms with Crippen molar-refractivity contribution in [3.8, 4) is 0 Å². The molecule has 0 spiro atoms. The number of benzene rings is 2. The van der Waals surface area contributed by atoms with Crippen LogP contribution in [-0.2, 0) is 14.8 Å². The minimum absolute atomic E-state index is 0.0716. The summed E-state index contributed by atoms with van der Waals surface area (Å²) in [7, 11) is -3.97. The van der Waals surface area contributed by atoms with E-state index in [1.807, 2.05) is 6.92 Å². The first-order chi connectivity index (χ1) is 15.1. The second-order valence-electron chi connectivity index (χ2n) is 7.72. The lowest BCUT2D eigenvalue weighted by Crippen LogP contribution is -2.49. The van der Waals surface area contributed by atoms with Crippen LogP contribution in [0.3, 0.4) is 0 Å². The molecule has 0 saturated carbocycles. The summed E-state index contributed by atoms with van der Waals surface area (Å²) in [5.41, 5.74) is 1.23. The quantitative estimate of drug-likeness (QED) is 0.623. The largest absolute Gasteiger partial charge is 0.352 e. The second-order valence-corrected chi connectivity index (χ2v) is 10.2. The van der Waals surface area contributed by atoms with Crippen molar-refractivity contribution in [2.45, 2.75) is 44.0 Å². The molecule has 1 fully saturated rings. The highest BCUT2D eigenvalue weighted by molar-refractivity contribution is 7.92. The first kappa shape index (κ1) is 24.4. The van der Waals surface area contributed by atoms with E-state index in [2.05, 4.69) is 10.0 Å². The van der Waals surface area contributed by atoms with Gasteiger partial charge in [0.15, 0.2) is 0 Å². The summed E-state index contributed by atoms with van der Waals surface area (Å²) in [5, 5.41) is 3.50. The molecule has 2 aromatic carbocycles. The second kappa shape index (κ2) is 10.1. The Balaban J connectivity index is 1.82. The molecule has 0 radical (unpaired) electrons. The van der Waals surface area contributed by atoms with Crippen LogP contribution in [0.1, 0.15) is 42.1 Å². The number of likely N-dealkylation sites (tertiary alicyclic amines) is 1. The molecule has 0 aliphatic carbocycles. The molecule has 32 heavy (non-hydrogen) atoms. The van der Waals surface area contributed by atoms with Gasteiger partial charge < -0.3 is 10.2 Å². The number of carbonyl (C=O) groups excluding carboxylic acids is 2. The number of nitrogens with zero attached hydrogens (tertiary/aromatic N) is 1. The number of sulfonamides is 1. The normalized spacial score (nSPS) is 16.5. The number of nitrogens with one attached hydrogen (secondary N) is 2. The highest BCUT2D eigenvalue weighted by atomic mass is 35.5. The van der Waals surface area contributed by atoms with Crippen LogP contribution in [-0.4, -0.2) is 44.3 Å². The number of aryl methyl sites for hydroxylation is 1. The van der Waals surface area contributed by atoms with Gasteiger partial charge in [0.05, 0.1) is 21.2 Å². The van der Waals surface area contributed by atoms with E-state index in [9.17, 15) is 18.0 Å². The molecule has 0 aromatic heterocycles. The van der Waals surface area contributed by atoms with Crippen molar-refractivity contribution in [2.24, 2.45) is 0 Å². The van der Waals surface area contributed by atoms with E-state index in [4.69, 9.17) is 23.2 Å². The maximum Gasteiger partial charge on any atom is 0.261 e. The lowest BCUT2D eigenvalue weighted by Gasteiger charge is -2.33. The Labute approximate surface area is 198 Å². The van der Waals surface area contributed by atoms with Gasteiger partial charge in [-0.1, -0.05) is 36.2 Å². The zero-order chi connectivity index (χ0) is 23.5. The molecule has 1 unspecified atom stereocenters. The highest BCUT2D eigenvalue weighted by Gasteiger charge is 2.27. The van der Waals surface area contributed by atoms with Crippen molar-refractivity contribution in [3.05, 3.63) is 57.6 Å². The third-order valence-corrected chi connectivity index (χ3v) is 7.41. The highest BCUT2D eigenvalue weighted by Crippen LogP contribution is 2.26. The average Bonchev–Trinajstić information content (AvgIpc) is 2.76. The molecule has 172 valence electrons. The van der Waals surface area contributed by atoms with Gasteiger partial charge in [0.1, 0.15) is 0 Å². The van der Waals surface area contributed by atoms with E-state index >= 15 is 0 Å². The Hall–Kier alpha value is -2.29. The maximum absolute atomic E-state index is 13.1. The topological polar surface area (TPSA) is 95.6 Å². The summed E-state index contributed by atoms with van der Waals surface area (Å²) in [6.07, 6.45) is 1.88. The van der Waals surface area contributed by atoms with Crippen LogP contribution in [0.15, 0.2) is 41.3 Å². The van der Waals surface area contributed by atoms with Crippen molar-refractivity contribution < 1.29 is 18.0 Å². The third-order valence-electron chi connectivity index (χ3n) is 5.30. The van der Waals surface area contributed by atoms with Gasteiger partial charge >= 0.3 is 0 Å². The number of rotatable bonds is 6. The Bertz CT molecular complexity index is 1140. The Morgan fingerprint density at radius 2 is 1.88 bits per heavy atom. The zero-order valence-corrected chi connectivity index (χ0v) is 20.1. The number of anilines is 1. The fraction of sp³-hybridized carbons (Fsp3) is 0.364. The lowest BCUT2D eigenvalue weighted by molar-refractivity contribution is -0.121. The molecule has 1 aliphatic rings. The van der Waals surface area contributed by atoms with Crippen LogP contribution in [0.2, 0.25) is 10.0 Å². The predicted molar refractivity (Wildman–Crippen MR) is 126 cm³/mol. The summed E-state index contributed by atoms with van der Waals surface area (Å²) in [5.74, 6) is -0.446. The molecule has 2 N–H and O–H groups in total. The zero-order valence-electron chi connectivity index (χ0n) is 17.8. The van der Waals surface area contributed by atoms with Crippen molar-refractivity contribution in [1.29, 1.82) is 0 Å². The van der Waals surface area contributed by atoms with E-state index in [0.29, 0.717) is 30.2 Å². The summed E-state index contributed by atoms with van der Waals surface area (Å²) < 4.78 is 28.3. The van der Waals surface area contributed by atoms with Crippen LogP contribution in [0.25, 0.3) is 0 Å². The molecule has 1 aliphatic heterocycles. The molecule has 2 aromatic rings. The average molecular weight is 498 g/mol. The van der Waals surface area contributed by atoms with Crippen molar-refractivity contribution >= 4 is 50.7 Å². The van der Waals surface area contributed by atoms with Crippen LogP contribution in [0, 0.1) is 6.92 Å². The van der Waals surface area contributed by atoms with E-state index in [1.54, 1.807) is 24.0 Å². The van der Waals surface area contributed by atoms with Crippen LogP contribution < -0.4 is 10.0 Å². The Morgan fingerprint density at radius 3 is 2.56 bits per heavy atom. The number of carbonyl (C=O) groups is 2. The summed E-state index contributed by atoms with van der Waals surface area (Å²) in [6, 6.07) is 8.72. The molecular formula is C22H25Cl2N3O4S. The Kier molecular flexibility index (Phi) is 7.69. The van der Waals surface area contributed by atoms with Crippen molar-refractivity contribution in [3.63, 3.8) is 0 Å². The SMILES string of the molecule is CCC(=O)NC1CCCN(C(=O)c2cc(S(=O)(=O)Nc3ccc(C)c(Cl)c3)ccc2Cl)C1. The first-order valence-corrected chi connectivity index (χ1v) is 12.5. The standard InChI is InChI=1S/C22H25Cl2N3O4S/c1-3-21(28)25-16-5-4-10-27(13-16)22(29)18-12-17(8-9-19(18)23)32(30,31)26-15-7-6-14(2)20(24)11-15/h6-9,11-12,16,26H,3-5,10,13H2,1-2H3,(H,25,28). The van der Waals surface area contributed by atoms with Crippen LogP contribution in [0.4, 0.5) is 5.69 Å². The first-order valence-electron chi connectivity index (χ1n) is 10.3. The van der Waals surface area contributed by atoms with E-state index < -0.39 is 10.0 Å².